The number of nitrogens with zero attached hydrogens (tertiary/aromatic N) is 4. The summed E-state index contributed by atoms with van der Waals surface area (Å²) in [5.74, 6) is 0.802. The van der Waals surface area contributed by atoms with Gasteiger partial charge in [0.05, 0.1) is 17.2 Å². The van der Waals surface area contributed by atoms with Crippen LogP contribution in [0.4, 0.5) is 17.3 Å². The fourth-order valence-corrected chi connectivity index (χ4v) is 1.62. The molecule has 0 atom stereocenters. The van der Waals surface area contributed by atoms with Crippen LogP contribution in [0, 0.1) is 10.1 Å². The summed E-state index contributed by atoms with van der Waals surface area (Å²) in [7, 11) is 3.52. The van der Waals surface area contributed by atoms with Gasteiger partial charge in [0.1, 0.15) is 5.82 Å². The quantitative estimate of drug-likeness (QED) is 0.624. The summed E-state index contributed by atoms with van der Waals surface area (Å²) in [6.45, 7) is 0.414. The first-order chi connectivity index (χ1) is 9.11. The molecule has 0 aliphatic carbocycles. The van der Waals surface area contributed by atoms with Crippen molar-refractivity contribution in [1.29, 1.82) is 0 Å². The Morgan fingerprint density at radius 1 is 1.42 bits per heavy atom. The first-order valence-electron chi connectivity index (χ1n) is 5.65. The lowest BCUT2D eigenvalue weighted by Gasteiger charge is -2.08. The standard InChI is InChI=1S/C11H14N6O2/c1-12-10-4-3-9(17(18)19)11(15-10)13-7-8-5-6-14-16(8)2/h3-6H,7H2,1-2H3,(H2,12,13,15). The normalized spacial score (nSPS) is 10.2. The van der Waals surface area contributed by atoms with Gasteiger partial charge in [-0.3, -0.25) is 14.8 Å². The van der Waals surface area contributed by atoms with Gasteiger partial charge in [0.25, 0.3) is 0 Å². The molecular formula is C11H14N6O2. The molecule has 0 radical (unpaired) electrons. The van der Waals surface area contributed by atoms with E-state index >= 15 is 0 Å². The topological polar surface area (TPSA) is 97.9 Å². The lowest BCUT2D eigenvalue weighted by molar-refractivity contribution is -0.384. The number of hydrogen-bond donors (Lipinski definition) is 2. The Bertz CT molecular complexity index is 595. The molecule has 0 aliphatic rings. The maximum Gasteiger partial charge on any atom is 0.311 e. The summed E-state index contributed by atoms with van der Waals surface area (Å²) in [6, 6.07) is 4.82. The van der Waals surface area contributed by atoms with Crippen LogP contribution < -0.4 is 10.6 Å². The lowest BCUT2D eigenvalue weighted by atomic mass is 10.3. The Balaban J connectivity index is 2.22. The molecule has 19 heavy (non-hydrogen) atoms. The number of nitro groups is 1. The van der Waals surface area contributed by atoms with Crippen molar-refractivity contribution in [3.05, 3.63) is 40.2 Å². The van der Waals surface area contributed by atoms with E-state index in [0.717, 1.165) is 5.69 Å². The third-order valence-electron chi connectivity index (χ3n) is 2.69. The minimum atomic E-state index is -0.460. The second-order valence-corrected chi connectivity index (χ2v) is 3.87. The van der Waals surface area contributed by atoms with E-state index in [1.807, 2.05) is 13.1 Å². The van der Waals surface area contributed by atoms with Gasteiger partial charge < -0.3 is 10.6 Å². The third-order valence-corrected chi connectivity index (χ3v) is 2.69. The highest BCUT2D eigenvalue weighted by atomic mass is 16.6. The molecular weight excluding hydrogens is 248 g/mol. The van der Waals surface area contributed by atoms with Crippen molar-refractivity contribution in [3.63, 3.8) is 0 Å². The molecule has 2 aromatic rings. The first kappa shape index (κ1) is 12.8. The van der Waals surface area contributed by atoms with Crippen LogP contribution in [0.15, 0.2) is 24.4 Å². The van der Waals surface area contributed by atoms with Crippen LogP contribution in [0.2, 0.25) is 0 Å². The van der Waals surface area contributed by atoms with Gasteiger partial charge in [-0.25, -0.2) is 4.98 Å². The minimum Gasteiger partial charge on any atom is -0.373 e. The van der Waals surface area contributed by atoms with Crippen LogP contribution in [0.5, 0.6) is 0 Å². The Morgan fingerprint density at radius 3 is 2.79 bits per heavy atom. The van der Waals surface area contributed by atoms with Gasteiger partial charge in [-0.15, -0.1) is 0 Å². The highest BCUT2D eigenvalue weighted by Gasteiger charge is 2.15. The summed E-state index contributed by atoms with van der Waals surface area (Å²) < 4.78 is 1.70. The van der Waals surface area contributed by atoms with Gasteiger partial charge in [0.2, 0.25) is 5.82 Å². The van der Waals surface area contributed by atoms with Gasteiger partial charge >= 0.3 is 5.69 Å². The van der Waals surface area contributed by atoms with E-state index in [0.29, 0.717) is 12.4 Å². The number of hydrogen-bond acceptors (Lipinski definition) is 6. The highest BCUT2D eigenvalue weighted by Crippen LogP contribution is 2.24. The Labute approximate surface area is 109 Å². The second kappa shape index (κ2) is 5.34. The third kappa shape index (κ3) is 2.79. The minimum absolute atomic E-state index is 0.0545. The SMILES string of the molecule is CNc1ccc([N+](=O)[O-])c(NCc2ccnn2C)n1. The van der Waals surface area contributed by atoms with Crippen LogP contribution in [0.3, 0.4) is 0 Å². The maximum atomic E-state index is 10.9. The zero-order valence-electron chi connectivity index (χ0n) is 10.6. The Kier molecular flexibility index (Phi) is 3.60. The number of anilines is 2. The second-order valence-electron chi connectivity index (χ2n) is 3.87. The first-order valence-corrected chi connectivity index (χ1v) is 5.65. The molecule has 0 saturated carbocycles. The fraction of sp³-hybridized carbons (Fsp3) is 0.273. The van der Waals surface area contributed by atoms with Crippen LogP contribution in [-0.4, -0.2) is 26.7 Å². The average molecular weight is 262 g/mol. The van der Waals surface area contributed by atoms with Gasteiger partial charge in [-0.05, 0) is 12.1 Å². The van der Waals surface area contributed by atoms with Crippen molar-refractivity contribution in [2.45, 2.75) is 6.54 Å². The zero-order valence-corrected chi connectivity index (χ0v) is 10.6. The maximum absolute atomic E-state index is 10.9. The van der Waals surface area contributed by atoms with Crippen molar-refractivity contribution in [2.75, 3.05) is 17.7 Å². The molecule has 0 aromatic carbocycles. The number of rotatable bonds is 5. The molecule has 2 aromatic heterocycles. The van der Waals surface area contributed by atoms with Gasteiger partial charge in [0.15, 0.2) is 0 Å². The predicted octanol–water partition coefficient (Wildman–Crippen LogP) is 1.38. The summed E-state index contributed by atoms with van der Waals surface area (Å²) in [5.41, 5.74) is 0.854. The molecule has 8 heteroatoms. The average Bonchev–Trinajstić information content (AvgIpc) is 2.81. The number of nitrogens with one attached hydrogen (secondary N) is 2. The largest absolute Gasteiger partial charge is 0.373 e. The van der Waals surface area contributed by atoms with Crippen molar-refractivity contribution in [2.24, 2.45) is 7.05 Å². The monoisotopic (exact) mass is 262 g/mol. The summed E-state index contributed by atoms with van der Waals surface area (Å²) in [5, 5.41) is 20.8. The zero-order chi connectivity index (χ0) is 13.8. The molecule has 2 heterocycles. The number of aryl methyl sites for hydroxylation is 1. The molecule has 0 spiro atoms. The molecule has 0 unspecified atom stereocenters. The van der Waals surface area contributed by atoms with E-state index in [9.17, 15) is 10.1 Å². The van der Waals surface area contributed by atoms with E-state index in [1.54, 1.807) is 24.0 Å². The molecule has 0 bridgehead atoms. The lowest BCUT2D eigenvalue weighted by Crippen LogP contribution is -2.09. The Morgan fingerprint density at radius 2 is 2.21 bits per heavy atom. The smallest absolute Gasteiger partial charge is 0.311 e. The number of pyridine rings is 1. The van der Waals surface area contributed by atoms with Crippen LogP contribution in [-0.2, 0) is 13.6 Å². The van der Waals surface area contributed by atoms with Crippen molar-refractivity contribution < 1.29 is 4.92 Å². The molecule has 2 rings (SSSR count). The Hall–Kier alpha value is -2.64. The highest BCUT2D eigenvalue weighted by molar-refractivity contribution is 5.60. The van der Waals surface area contributed by atoms with Crippen LogP contribution in [0.25, 0.3) is 0 Å². The van der Waals surface area contributed by atoms with E-state index in [1.165, 1.54) is 6.07 Å². The van der Waals surface area contributed by atoms with E-state index in [-0.39, 0.29) is 11.5 Å². The fourth-order valence-electron chi connectivity index (χ4n) is 1.62. The summed E-state index contributed by atoms with van der Waals surface area (Å²) >= 11 is 0. The summed E-state index contributed by atoms with van der Waals surface area (Å²) in [6.07, 6.45) is 1.67. The molecule has 0 amide bonds. The molecule has 100 valence electrons. The van der Waals surface area contributed by atoms with Gasteiger partial charge in [-0.1, -0.05) is 0 Å². The molecule has 0 fully saturated rings. The van der Waals surface area contributed by atoms with E-state index in [2.05, 4.69) is 20.7 Å². The van der Waals surface area contributed by atoms with E-state index < -0.39 is 4.92 Å². The predicted molar refractivity (Wildman–Crippen MR) is 71.0 cm³/mol. The van der Waals surface area contributed by atoms with E-state index in [4.69, 9.17) is 0 Å². The van der Waals surface area contributed by atoms with Crippen molar-refractivity contribution >= 4 is 17.3 Å². The molecule has 0 aliphatic heterocycles. The molecule has 0 saturated heterocycles. The summed E-state index contributed by atoms with van der Waals surface area (Å²) in [4.78, 5) is 14.6. The molecule has 8 nitrogen and oxygen atoms in total. The molecule has 2 N–H and O–H groups in total. The van der Waals surface area contributed by atoms with Crippen molar-refractivity contribution in [1.82, 2.24) is 14.8 Å². The van der Waals surface area contributed by atoms with Crippen molar-refractivity contribution in [3.8, 4) is 0 Å². The van der Waals surface area contributed by atoms with Crippen LogP contribution >= 0.6 is 0 Å². The van der Waals surface area contributed by atoms with Crippen LogP contribution in [0.1, 0.15) is 5.69 Å². The van der Waals surface area contributed by atoms with Gasteiger partial charge in [-0.2, -0.15) is 5.10 Å². The number of aromatic nitrogens is 3. The van der Waals surface area contributed by atoms with Gasteiger partial charge in [0, 0.05) is 26.4 Å².